The highest BCUT2D eigenvalue weighted by molar-refractivity contribution is 7.80. The summed E-state index contributed by atoms with van der Waals surface area (Å²) < 4.78 is 0. The lowest BCUT2D eigenvalue weighted by molar-refractivity contribution is 0.0759. The number of rotatable bonds is 6. The van der Waals surface area contributed by atoms with Crippen molar-refractivity contribution in [3.05, 3.63) is 29.8 Å². The minimum Gasteiger partial charge on any atom is -0.339 e. The molecular weight excluding hydrogens is 244 g/mol. The van der Waals surface area contributed by atoms with Crippen LogP contribution in [0.25, 0.3) is 0 Å². The lowest BCUT2D eigenvalue weighted by Crippen LogP contribution is -2.33. The summed E-state index contributed by atoms with van der Waals surface area (Å²) in [4.78, 5) is 17.1. The summed E-state index contributed by atoms with van der Waals surface area (Å²) in [6.07, 6.45) is 0.993. The van der Waals surface area contributed by atoms with Gasteiger partial charge in [0.15, 0.2) is 0 Å². The lowest BCUT2D eigenvalue weighted by Gasteiger charge is -2.22. The van der Waals surface area contributed by atoms with Crippen molar-refractivity contribution < 1.29 is 4.79 Å². The Morgan fingerprint density at radius 2 is 2.00 bits per heavy atom. The molecule has 1 aromatic carbocycles. The van der Waals surface area contributed by atoms with Gasteiger partial charge in [-0.1, -0.05) is 6.07 Å². The van der Waals surface area contributed by atoms with Crippen LogP contribution in [0.4, 0.5) is 0 Å². The molecule has 0 aliphatic rings. The van der Waals surface area contributed by atoms with Crippen molar-refractivity contribution >= 4 is 18.5 Å². The van der Waals surface area contributed by atoms with Gasteiger partial charge in [0.05, 0.1) is 0 Å². The van der Waals surface area contributed by atoms with E-state index in [9.17, 15) is 4.79 Å². The summed E-state index contributed by atoms with van der Waals surface area (Å²) in [6.45, 7) is 4.54. The second kappa shape index (κ2) is 7.44. The fourth-order valence-electron chi connectivity index (χ4n) is 1.80. The van der Waals surface area contributed by atoms with Crippen LogP contribution < -0.4 is 0 Å². The third-order valence-corrected chi connectivity index (χ3v) is 3.07. The fraction of sp³-hybridized carbons (Fsp3) is 0.500. The minimum absolute atomic E-state index is 0.0900. The molecule has 0 saturated carbocycles. The van der Waals surface area contributed by atoms with Crippen molar-refractivity contribution in [3.63, 3.8) is 0 Å². The topological polar surface area (TPSA) is 23.6 Å². The van der Waals surface area contributed by atoms with Gasteiger partial charge in [0, 0.05) is 23.5 Å². The Hall–Kier alpha value is -1.00. The van der Waals surface area contributed by atoms with E-state index in [4.69, 9.17) is 0 Å². The van der Waals surface area contributed by atoms with Gasteiger partial charge in [-0.3, -0.25) is 4.79 Å². The number of benzene rings is 1. The molecule has 3 nitrogen and oxygen atoms in total. The number of thiol groups is 1. The Morgan fingerprint density at radius 3 is 2.56 bits per heavy atom. The maximum atomic E-state index is 12.3. The quantitative estimate of drug-likeness (QED) is 0.799. The predicted molar refractivity (Wildman–Crippen MR) is 78.4 cm³/mol. The number of hydrogen-bond donors (Lipinski definition) is 1. The second-order valence-electron chi connectivity index (χ2n) is 4.59. The molecule has 1 aromatic rings. The molecule has 0 unspecified atom stereocenters. The second-order valence-corrected chi connectivity index (χ2v) is 5.11. The molecule has 18 heavy (non-hydrogen) atoms. The predicted octanol–water partition coefficient (Wildman–Crippen LogP) is 2.39. The molecule has 0 aliphatic heterocycles. The summed E-state index contributed by atoms with van der Waals surface area (Å²) in [5.74, 6) is 0.0900. The van der Waals surface area contributed by atoms with Crippen LogP contribution in [0.5, 0.6) is 0 Å². The molecule has 0 bridgehead atoms. The highest BCUT2D eigenvalue weighted by Crippen LogP contribution is 2.11. The molecule has 100 valence electrons. The van der Waals surface area contributed by atoms with Gasteiger partial charge >= 0.3 is 0 Å². The lowest BCUT2D eigenvalue weighted by atomic mass is 10.2. The molecule has 0 heterocycles. The standard InChI is InChI=1S/C14H22N2OS/c1-4-16(10-6-9-15(2)3)14(17)12-7-5-8-13(18)11-12/h5,7-8,11,18H,4,6,9-10H2,1-3H3. The maximum absolute atomic E-state index is 12.3. The highest BCUT2D eigenvalue weighted by Gasteiger charge is 2.13. The molecule has 0 N–H and O–H groups in total. The van der Waals surface area contributed by atoms with E-state index >= 15 is 0 Å². The van der Waals surface area contributed by atoms with Crippen molar-refractivity contribution in [1.29, 1.82) is 0 Å². The van der Waals surface area contributed by atoms with Crippen molar-refractivity contribution in [1.82, 2.24) is 9.80 Å². The van der Waals surface area contributed by atoms with Crippen LogP contribution in [0.2, 0.25) is 0 Å². The van der Waals surface area contributed by atoms with Gasteiger partial charge < -0.3 is 9.80 Å². The van der Waals surface area contributed by atoms with Gasteiger partial charge in [-0.2, -0.15) is 0 Å². The van der Waals surface area contributed by atoms with Crippen LogP contribution in [0.1, 0.15) is 23.7 Å². The monoisotopic (exact) mass is 266 g/mol. The number of hydrogen-bond acceptors (Lipinski definition) is 3. The average Bonchev–Trinajstić information content (AvgIpc) is 2.33. The minimum atomic E-state index is 0.0900. The van der Waals surface area contributed by atoms with Crippen molar-refractivity contribution in [3.8, 4) is 0 Å². The largest absolute Gasteiger partial charge is 0.339 e. The first-order chi connectivity index (χ1) is 8.54. The van der Waals surface area contributed by atoms with Gasteiger partial charge in [0.1, 0.15) is 0 Å². The Bertz CT molecular complexity index is 393. The van der Waals surface area contributed by atoms with E-state index in [-0.39, 0.29) is 5.91 Å². The Kier molecular flexibility index (Phi) is 6.22. The van der Waals surface area contributed by atoms with Crippen molar-refractivity contribution in [2.24, 2.45) is 0 Å². The molecule has 1 amide bonds. The molecule has 0 radical (unpaired) electrons. The Balaban J connectivity index is 2.62. The van der Waals surface area contributed by atoms with Gasteiger partial charge in [-0.25, -0.2) is 0 Å². The fourth-order valence-corrected chi connectivity index (χ4v) is 2.03. The first-order valence-electron chi connectivity index (χ1n) is 6.27. The number of nitrogens with zero attached hydrogens (tertiary/aromatic N) is 2. The zero-order valence-electron chi connectivity index (χ0n) is 11.4. The highest BCUT2D eigenvalue weighted by atomic mass is 32.1. The summed E-state index contributed by atoms with van der Waals surface area (Å²) in [5, 5.41) is 0. The third-order valence-electron chi connectivity index (χ3n) is 2.80. The molecule has 0 saturated heterocycles. The van der Waals surface area contributed by atoms with Crippen LogP contribution in [-0.2, 0) is 0 Å². The van der Waals surface area contributed by atoms with E-state index in [0.29, 0.717) is 5.56 Å². The van der Waals surface area contributed by atoms with E-state index in [1.165, 1.54) is 0 Å². The van der Waals surface area contributed by atoms with Crippen LogP contribution in [0.3, 0.4) is 0 Å². The van der Waals surface area contributed by atoms with E-state index in [0.717, 1.165) is 31.0 Å². The Morgan fingerprint density at radius 1 is 1.28 bits per heavy atom. The summed E-state index contributed by atoms with van der Waals surface area (Å²) in [6, 6.07) is 7.40. The maximum Gasteiger partial charge on any atom is 0.253 e. The van der Waals surface area contributed by atoms with Gasteiger partial charge in [0.2, 0.25) is 0 Å². The van der Waals surface area contributed by atoms with Gasteiger partial charge in [-0.05, 0) is 52.2 Å². The van der Waals surface area contributed by atoms with Crippen LogP contribution in [0, 0.1) is 0 Å². The molecule has 0 fully saturated rings. The molecule has 4 heteroatoms. The summed E-state index contributed by atoms with van der Waals surface area (Å²) in [7, 11) is 4.09. The normalized spacial score (nSPS) is 10.7. The first kappa shape index (κ1) is 15.1. The van der Waals surface area contributed by atoms with Crippen molar-refractivity contribution in [2.75, 3.05) is 33.7 Å². The van der Waals surface area contributed by atoms with Crippen LogP contribution >= 0.6 is 12.6 Å². The molecule has 0 atom stereocenters. The first-order valence-corrected chi connectivity index (χ1v) is 6.72. The van der Waals surface area contributed by atoms with Gasteiger partial charge in [0.25, 0.3) is 5.91 Å². The zero-order chi connectivity index (χ0) is 13.5. The Labute approximate surface area is 115 Å². The van der Waals surface area contributed by atoms with E-state index in [1.54, 1.807) is 0 Å². The SMILES string of the molecule is CCN(CCCN(C)C)C(=O)c1cccc(S)c1. The van der Waals surface area contributed by atoms with E-state index < -0.39 is 0 Å². The van der Waals surface area contributed by atoms with Crippen LogP contribution in [-0.4, -0.2) is 49.4 Å². The number of carbonyl (C=O) groups is 1. The van der Waals surface area contributed by atoms with Crippen molar-refractivity contribution in [2.45, 2.75) is 18.2 Å². The van der Waals surface area contributed by atoms with E-state index in [2.05, 4.69) is 17.5 Å². The molecule has 0 aliphatic carbocycles. The zero-order valence-corrected chi connectivity index (χ0v) is 12.3. The molecule has 1 rings (SSSR count). The third kappa shape index (κ3) is 4.70. The average molecular weight is 266 g/mol. The molecule has 0 aromatic heterocycles. The van der Waals surface area contributed by atoms with E-state index in [1.807, 2.05) is 50.2 Å². The van der Waals surface area contributed by atoms with Crippen LogP contribution in [0.15, 0.2) is 29.2 Å². The smallest absolute Gasteiger partial charge is 0.253 e. The van der Waals surface area contributed by atoms with Gasteiger partial charge in [-0.15, -0.1) is 12.6 Å². The molecule has 0 spiro atoms. The number of carbonyl (C=O) groups excluding carboxylic acids is 1. The summed E-state index contributed by atoms with van der Waals surface area (Å²) >= 11 is 4.27. The summed E-state index contributed by atoms with van der Waals surface area (Å²) in [5.41, 5.74) is 0.717. The molecular formula is C14H22N2OS. The number of amides is 1.